The third-order valence-electron chi connectivity index (χ3n) is 3.70. The molecule has 2 N–H and O–H groups in total. The van der Waals surface area contributed by atoms with Crippen molar-refractivity contribution in [3.05, 3.63) is 35.4 Å². The molecule has 3 heteroatoms. The minimum Gasteiger partial charge on any atom is -0.396 e. The fourth-order valence-electron chi connectivity index (χ4n) is 2.33. The van der Waals surface area contributed by atoms with Gasteiger partial charge >= 0.3 is 0 Å². The number of carbonyl (C=O) groups is 1. The lowest BCUT2D eigenvalue weighted by atomic mass is 9.77. The highest BCUT2D eigenvalue weighted by atomic mass is 16.3. The van der Waals surface area contributed by atoms with E-state index in [0.717, 1.165) is 12.0 Å². The first-order chi connectivity index (χ1) is 8.53. The number of carbonyl (C=O) groups excluding carboxylic acids is 1. The van der Waals surface area contributed by atoms with Gasteiger partial charge in [-0.1, -0.05) is 38.1 Å². The Hall–Kier alpha value is -1.35. The molecule has 1 unspecified atom stereocenters. The topological polar surface area (TPSA) is 49.3 Å². The Labute approximate surface area is 108 Å². The third kappa shape index (κ3) is 2.72. The zero-order valence-electron chi connectivity index (χ0n) is 11.1. The highest BCUT2D eigenvalue weighted by Crippen LogP contribution is 2.34. The number of amides is 1. The van der Waals surface area contributed by atoms with Gasteiger partial charge in [0.15, 0.2) is 0 Å². The molecule has 3 nitrogen and oxygen atoms in total. The maximum Gasteiger partial charge on any atom is 0.227 e. The van der Waals surface area contributed by atoms with Crippen molar-refractivity contribution >= 4 is 5.91 Å². The van der Waals surface area contributed by atoms with E-state index in [1.54, 1.807) is 0 Å². The lowest BCUT2D eigenvalue weighted by molar-refractivity contribution is -0.123. The third-order valence-corrected chi connectivity index (χ3v) is 3.70. The molecule has 0 bridgehead atoms. The fraction of sp³-hybridized carbons (Fsp3) is 0.533. The summed E-state index contributed by atoms with van der Waals surface area (Å²) >= 11 is 0. The lowest BCUT2D eigenvalue weighted by Gasteiger charge is -2.31. The number of aliphatic hydroxyl groups is 1. The van der Waals surface area contributed by atoms with Crippen LogP contribution in [0.4, 0.5) is 0 Å². The molecule has 0 fully saturated rings. The fourth-order valence-corrected chi connectivity index (χ4v) is 2.33. The average molecular weight is 247 g/mol. The average Bonchev–Trinajstić information content (AvgIpc) is 2.28. The lowest BCUT2D eigenvalue weighted by Crippen LogP contribution is -2.40. The van der Waals surface area contributed by atoms with Gasteiger partial charge < -0.3 is 10.4 Å². The summed E-state index contributed by atoms with van der Waals surface area (Å²) in [6.07, 6.45) is 1.55. The van der Waals surface area contributed by atoms with Crippen LogP contribution >= 0.6 is 0 Å². The zero-order chi connectivity index (χ0) is 13.2. The predicted molar refractivity (Wildman–Crippen MR) is 71.4 cm³/mol. The molecule has 1 amide bonds. The maximum atomic E-state index is 12.1. The largest absolute Gasteiger partial charge is 0.396 e. The molecule has 0 heterocycles. The molecule has 1 atom stereocenters. The Morgan fingerprint density at radius 3 is 2.83 bits per heavy atom. The molecule has 98 valence electrons. The van der Waals surface area contributed by atoms with Gasteiger partial charge in [0.05, 0.1) is 5.92 Å². The predicted octanol–water partition coefficient (Wildman–Crippen LogP) is 1.85. The number of aliphatic hydroxyl groups excluding tert-OH is 1. The molecule has 1 aromatic rings. The standard InChI is InChI=1S/C15H21NO2/c1-15(2,7-8-17)10-16-14(18)13-9-11-5-3-4-6-12(11)13/h3-6,13,17H,7-10H2,1-2H3,(H,16,18). The maximum absolute atomic E-state index is 12.1. The summed E-state index contributed by atoms with van der Waals surface area (Å²) in [4.78, 5) is 12.1. The van der Waals surface area contributed by atoms with Gasteiger partial charge in [0.2, 0.25) is 5.91 Å². The van der Waals surface area contributed by atoms with Crippen molar-refractivity contribution in [3.8, 4) is 0 Å². The van der Waals surface area contributed by atoms with E-state index in [2.05, 4.69) is 25.2 Å². The van der Waals surface area contributed by atoms with Gasteiger partial charge in [0, 0.05) is 13.2 Å². The second-order valence-electron chi connectivity index (χ2n) is 5.81. The van der Waals surface area contributed by atoms with Gasteiger partial charge in [-0.15, -0.1) is 0 Å². The second-order valence-corrected chi connectivity index (χ2v) is 5.81. The summed E-state index contributed by atoms with van der Waals surface area (Å²) in [6, 6.07) is 8.10. The molecular formula is C15H21NO2. The van der Waals surface area contributed by atoms with Crippen LogP contribution in [-0.4, -0.2) is 24.2 Å². The Balaban J connectivity index is 1.88. The Morgan fingerprint density at radius 2 is 2.17 bits per heavy atom. The summed E-state index contributed by atoms with van der Waals surface area (Å²) in [7, 11) is 0. The van der Waals surface area contributed by atoms with Crippen molar-refractivity contribution in [2.45, 2.75) is 32.6 Å². The molecule has 0 spiro atoms. The van der Waals surface area contributed by atoms with Crippen molar-refractivity contribution in [3.63, 3.8) is 0 Å². The summed E-state index contributed by atoms with van der Waals surface area (Å²) < 4.78 is 0. The van der Waals surface area contributed by atoms with Crippen molar-refractivity contribution in [2.24, 2.45) is 5.41 Å². The number of fused-ring (bicyclic) bond motifs is 1. The van der Waals surface area contributed by atoms with Crippen LogP contribution in [0.25, 0.3) is 0 Å². The van der Waals surface area contributed by atoms with Crippen LogP contribution in [0.5, 0.6) is 0 Å². The van der Waals surface area contributed by atoms with Crippen LogP contribution in [0.1, 0.15) is 37.3 Å². The first kappa shape index (κ1) is 13.1. The molecule has 18 heavy (non-hydrogen) atoms. The molecule has 0 aromatic heterocycles. The molecule has 0 aliphatic heterocycles. The van der Waals surface area contributed by atoms with E-state index in [-0.39, 0.29) is 23.8 Å². The Bertz CT molecular complexity index is 440. The van der Waals surface area contributed by atoms with Crippen LogP contribution in [0.2, 0.25) is 0 Å². The zero-order valence-corrected chi connectivity index (χ0v) is 11.1. The molecule has 1 aliphatic rings. The monoisotopic (exact) mass is 247 g/mol. The Morgan fingerprint density at radius 1 is 1.44 bits per heavy atom. The first-order valence-electron chi connectivity index (χ1n) is 6.50. The summed E-state index contributed by atoms with van der Waals surface area (Å²) in [5, 5.41) is 12.0. The van der Waals surface area contributed by atoms with E-state index in [0.29, 0.717) is 13.0 Å². The van der Waals surface area contributed by atoms with Crippen molar-refractivity contribution in [1.82, 2.24) is 5.32 Å². The van der Waals surface area contributed by atoms with Crippen molar-refractivity contribution in [1.29, 1.82) is 0 Å². The molecular weight excluding hydrogens is 226 g/mol. The first-order valence-corrected chi connectivity index (χ1v) is 6.50. The van der Waals surface area contributed by atoms with Crippen LogP contribution in [-0.2, 0) is 11.2 Å². The summed E-state index contributed by atoms with van der Waals surface area (Å²) in [6.45, 7) is 4.89. The normalized spacial score (nSPS) is 17.8. The number of hydrogen-bond donors (Lipinski definition) is 2. The van der Waals surface area contributed by atoms with Crippen LogP contribution in [0.15, 0.2) is 24.3 Å². The number of nitrogens with one attached hydrogen (secondary N) is 1. The quantitative estimate of drug-likeness (QED) is 0.834. The van der Waals surface area contributed by atoms with Gasteiger partial charge in [0.1, 0.15) is 0 Å². The SMILES string of the molecule is CC(C)(CCO)CNC(=O)C1Cc2ccccc21. The number of rotatable bonds is 5. The molecule has 0 saturated heterocycles. The van der Waals surface area contributed by atoms with Crippen molar-refractivity contribution in [2.75, 3.05) is 13.2 Å². The summed E-state index contributed by atoms with van der Waals surface area (Å²) in [5.41, 5.74) is 2.40. The summed E-state index contributed by atoms with van der Waals surface area (Å²) in [5.74, 6) is 0.130. The van der Waals surface area contributed by atoms with Gasteiger partial charge in [0.25, 0.3) is 0 Å². The molecule has 0 saturated carbocycles. The van der Waals surface area contributed by atoms with E-state index < -0.39 is 0 Å². The minimum atomic E-state index is -0.0479. The highest BCUT2D eigenvalue weighted by molar-refractivity contribution is 5.86. The smallest absolute Gasteiger partial charge is 0.227 e. The van der Waals surface area contributed by atoms with E-state index in [1.165, 1.54) is 5.56 Å². The Kier molecular flexibility index (Phi) is 3.71. The van der Waals surface area contributed by atoms with Gasteiger partial charge in [-0.05, 0) is 29.4 Å². The van der Waals surface area contributed by atoms with Crippen LogP contribution < -0.4 is 5.32 Å². The number of hydrogen-bond acceptors (Lipinski definition) is 2. The molecule has 1 aliphatic carbocycles. The van der Waals surface area contributed by atoms with Gasteiger partial charge in [-0.3, -0.25) is 4.79 Å². The van der Waals surface area contributed by atoms with Crippen LogP contribution in [0.3, 0.4) is 0 Å². The van der Waals surface area contributed by atoms with Gasteiger partial charge in [-0.2, -0.15) is 0 Å². The highest BCUT2D eigenvalue weighted by Gasteiger charge is 2.32. The van der Waals surface area contributed by atoms with Gasteiger partial charge in [-0.25, -0.2) is 0 Å². The molecule has 2 rings (SSSR count). The van der Waals surface area contributed by atoms with Crippen LogP contribution in [0, 0.1) is 5.41 Å². The molecule has 0 radical (unpaired) electrons. The molecule has 1 aromatic carbocycles. The van der Waals surface area contributed by atoms with Crippen molar-refractivity contribution < 1.29 is 9.90 Å². The minimum absolute atomic E-state index is 0.0196. The number of benzene rings is 1. The van der Waals surface area contributed by atoms with E-state index in [9.17, 15) is 4.79 Å². The second kappa shape index (κ2) is 5.11. The van der Waals surface area contributed by atoms with E-state index in [1.807, 2.05) is 18.2 Å². The van der Waals surface area contributed by atoms with E-state index in [4.69, 9.17) is 5.11 Å². The van der Waals surface area contributed by atoms with E-state index >= 15 is 0 Å².